The third-order valence-electron chi connectivity index (χ3n) is 3.91. The zero-order valence-electron chi connectivity index (χ0n) is 12.1. The summed E-state index contributed by atoms with van der Waals surface area (Å²) in [6.45, 7) is 0.675. The number of nitrogens with zero attached hydrogens (tertiary/aromatic N) is 5. The van der Waals surface area contributed by atoms with Gasteiger partial charge in [-0.3, -0.25) is 4.79 Å². The molecule has 1 amide bonds. The number of hydrogen-bond acceptors (Lipinski definition) is 4. The van der Waals surface area contributed by atoms with Crippen LogP contribution in [0.15, 0.2) is 53.3 Å². The van der Waals surface area contributed by atoms with Gasteiger partial charge in [-0.1, -0.05) is 28.1 Å². The van der Waals surface area contributed by atoms with Gasteiger partial charge >= 0.3 is 0 Å². The molecule has 0 saturated heterocycles. The molecule has 114 valence electrons. The monoisotopic (exact) mass is 369 g/mol. The quantitative estimate of drug-likeness (QED) is 0.696. The van der Waals surface area contributed by atoms with E-state index >= 15 is 0 Å². The molecule has 4 rings (SSSR count). The van der Waals surface area contributed by atoms with Gasteiger partial charge in [0.15, 0.2) is 0 Å². The number of carbonyl (C=O) groups excluding carboxylic acids is 1. The number of fused-ring (bicyclic) bond motifs is 1. The fourth-order valence-corrected chi connectivity index (χ4v) is 3.26. The van der Waals surface area contributed by atoms with Gasteiger partial charge in [-0.2, -0.15) is 4.68 Å². The Labute approximate surface area is 140 Å². The molecule has 2 heterocycles. The number of tetrazole rings is 1. The van der Waals surface area contributed by atoms with Crippen LogP contribution in [0, 0.1) is 0 Å². The number of benzene rings is 2. The molecule has 1 aromatic heterocycles. The minimum atomic E-state index is -0.0443. The summed E-state index contributed by atoms with van der Waals surface area (Å²) in [6, 6.07) is 13.3. The van der Waals surface area contributed by atoms with Crippen molar-refractivity contribution in [1.82, 2.24) is 20.2 Å². The standard InChI is InChI=1S/C16H12BrN5O/c17-12-5-6-14-11(9-12)7-8-21(14)16(23)13-3-1-2-4-15(13)22-10-18-19-20-22/h1-6,9-10H,7-8H2. The molecule has 23 heavy (non-hydrogen) atoms. The summed E-state index contributed by atoms with van der Waals surface area (Å²) in [5.41, 5.74) is 3.39. The summed E-state index contributed by atoms with van der Waals surface area (Å²) in [7, 11) is 0. The summed E-state index contributed by atoms with van der Waals surface area (Å²) < 4.78 is 2.53. The summed E-state index contributed by atoms with van der Waals surface area (Å²) in [5, 5.41) is 11.2. The minimum Gasteiger partial charge on any atom is -0.308 e. The second-order valence-electron chi connectivity index (χ2n) is 5.25. The molecule has 6 nitrogen and oxygen atoms in total. The largest absolute Gasteiger partial charge is 0.308 e. The lowest BCUT2D eigenvalue weighted by atomic mass is 10.1. The topological polar surface area (TPSA) is 63.9 Å². The van der Waals surface area contributed by atoms with Crippen LogP contribution in [0.2, 0.25) is 0 Å². The Hall–Kier alpha value is -2.54. The predicted molar refractivity (Wildman–Crippen MR) is 88.7 cm³/mol. The molecule has 1 aliphatic rings. The van der Waals surface area contributed by atoms with Crippen LogP contribution in [0.3, 0.4) is 0 Å². The van der Waals surface area contributed by atoms with Gasteiger partial charge < -0.3 is 4.90 Å². The van der Waals surface area contributed by atoms with E-state index in [9.17, 15) is 4.79 Å². The number of anilines is 1. The van der Waals surface area contributed by atoms with Gasteiger partial charge in [0.05, 0.1) is 11.3 Å². The van der Waals surface area contributed by atoms with E-state index in [-0.39, 0.29) is 5.91 Å². The van der Waals surface area contributed by atoms with Crippen molar-refractivity contribution in [3.05, 3.63) is 64.4 Å². The van der Waals surface area contributed by atoms with Crippen LogP contribution in [0.1, 0.15) is 15.9 Å². The second-order valence-corrected chi connectivity index (χ2v) is 6.17. The number of hydrogen-bond donors (Lipinski definition) is 0. The lowest BCUT2D eigenvalue weighted by Gasteiger charge is -2.19. The SMILES string of the molecule is O=C(c1ccccc1-n1cnnn1)N1CCc2cc(Br)ccc21. The van der Waals surface area contributed by atoms with Crippen LogP contribution in [0.5, 0.6) is 0 Å². The number of aromatic nitrogens is 4. The van der Waals surface area contributed by atoms with Crippen molar-refractivity contribution in [2.45, 2.75) is 6.42 Å². The molecule has 0 N–H and O–H groups in total. The van der Waals surface area contributed by atoms with Crippen molar-refractivity contribution in [1.29, 1.82) is 0 Å². The lowest BCUT2D eigenvalue weighted by Crippen LogP contribution is -2.29. The molecule has 0 atom stereocenters. The molecule has 0 spiro atoms. The molecule has 3 aromatic rings. The molecule has 0 fully saturated rings. The average Bonchev–Trinajstić information content (AvgIpc) is 3.23. The number of carbonyl (C=O) groups is 1. The predicted octanol–water partition coefficient (Wildman–Crippen LogP) is 2.63. The van der Waals surface area contributed by atoms with Crippen molar-refractivity contribution in [3.8, 4) is 5.69 Å². The Morgan fingerprint density at radius 3 is 2.83 bits per heavy atom. The minimum absolute atomic E-state index is 0.0443. The highest BCUT2D eigenvalue weighted by atomic mass is 79.9. The molecule has 7 heteroatoms. The molecule has 0 radical (unpaired) electrons. The Morgan fingerprint density at radius 2 is 2.00 bits per heavy atom. The van der Waals surface area contributed by atoms with Gasteiger partial charge in [0.1, 0.15) is 6.33 Å². The first-order chi connectivity index (χ1) is 11.2. The molecule has 0 aliphatic carbocycles. The van der Waals surface area contributed by atoms with Crippen LogP contribution in [-0.4, -0.2) is 32.7 Å². The van der Waals surface area contributed by atoms with Crippen LogP contribution < -0.4 is 4.90 Å². The van der Waals surface area contributed by atoms with E-state index < -0.39 is 0 Å². The normalized spacial score (nSPS) is 13.2. The van der Waals surface area contributed by atoms with Gasteiger partial charge in [0, 0.05) is 16.7 Å². The van der Waals surface area contributed by atoms with Crippen molar-refractivity contribution in [3.63, 3.8) is 0 Å². The average molecular weight is 370 g/mol. The Bertz CT molecular complexity index is 878. The zero-order valence-corrected chi connectivity index (χ0v) is 13.6. The first-order valence-electron chi connectivity index (χ1n) is 7.17. The summed E-state index contributed by atoms with van der Waals surface area (Å²) in [5.74, 6) is -0.0443. The van der Waals surface area contributed by atoms with Crippen LogP contribution in [-0.2, 0) is 6.42 Å². The van der Waals surface area contributed by atoms with E-state index in [4.69, 9.17) is 0 Å². The van der Waals surface area contributed by atoms with Crippen molar-refractivity contribution >= 4 is 27.5 Å². The number of amides is 1. The third-order valence-corrected chi connectivity index (χ3v) is 4.41. The number of para-hydroxylation sites is 1. The maximum Gasteiger partial charge on any atom is 0.260 e. The highest BCUT2D eigenvalue weighted by Gasteiger charge is 2.27. The van der Waals surface area contributed by atoms with Crippen molar-refractivity contribution in [2.24, 2.45) is 0 Å². The highest BCUT2D eigenvalue weighted by Crippen LogP contribution is 2.32. The number of halogens is 1. The molecular formula is C16H12BrN5O. The Balaban J connectivity index is 1.75. The molecule has 0 bridgehead atoms. The molecule has 0 saturated carbocycles. The molecule has 2 aromatic carbocycles. The van der Waals surface area contributed by atoms with Gasteiger partial charge in [-0.25, -0.2) is 0 Å². The van der Waals surface area contributed by atoms with Crippen LogP contribution in [0.4, 0.5) is 5.69 Å². The Morgan fingerprint density at radius 1 is 1.13 bits per heavy atom. The van der Waals surface area contributed by atoms with E-state index in [1.54, 1.807) is 6.07 Å². The van der Waals surface area contributed by atoms with Crippen LogP contribution >= 0.6 is 15.9 Å². The van der Waals surface area contributed by atoms with E-state index in [1.807, 2.05) is 35.2 Å². The summed E-state index contributed by atoms with van der Waals surface area (Å²) >= 11 is 3.48. The van der Waals surface area contributed by atoms with Gasteiger partial charge in [-0.15, -0.1) is 5.10 Å². The maximum absolute atomic E-state index is 13.0. The zero-order chi connectivity index (χ0) is 15.8. The van der Waals surface area contributed by atoms with Crippen molar-refractivity contribution < 1.29 is 4.79 Å². The summed E-state index contributed by atoms with van der Waals surface area (Å²) in [6.07, 6.45) is 2.34. The third kappa shape index (κ3) is 2.43. The van der Waals surface area contributed by atoms with Gasteiger partial charge in [0.25, 0.3) is 5.91 Å². The van der Waals surface area contributed by atoms with Gasteiger partial charge in [0.2, 0.25) is 0 Å². The first kappa shape index (κ1) is 14.1. The Kier molecular flexibility index (Phi) is 3.42. The fraction of sp³-hybridized carbons (Fsp3) is 0.125. The highest BCUT2D eigenvalue weighted by molar-refractivity contribution is 9.10. The van der Waals surface area contributed by atoms with E-state index in [0.29, 0.717) is 17.8 Å². The van der Waals surface area contributed by atoms with Crippen molar-refractivity contribution in [2.75, 3.05) is 11.4 Å². The molecular weight excluding hydrogens is 358 g/mol. The lowest BCUT2D eigenvalue weighted by molar-refractivity contribution is 0.0989. The van der Waals surface area contributed by atoms with Crippen LogP contribution in [0.25, 0.3) is 5.69 Å². The smallest absolute Gasteiger partial charge is 0.260 e. The van der Waals surface area contributed by atoms with Gasteiger partial charge in [-0.05, 0) is 52.7 Å². The maximum atomic E-state index is 13.0. The molecule has 0 unspecified atom stereocenters. The van der Waals surface area contributed by atoms with E-state index in [0.717, 1.165) is 16.6 Å². The van der Waals surface area contributed by atoms with E-state index in [1.165, 1.54) is 16.6 Å². The fourth-order valence-electron chi connectivity index (χ4n) is 2.85. The number of rotatable bonds is 2. The first-order valence-corrected chi connectivity index (χ1v) is 7.96. The second kappa shape index (κ2) is 5.58. The summed E-state index contributed by atoms with van der Waals surface area (Å²) in [4.78, 5) is 14.9. The molecule has 1 aliphatic heterocycles. The van der Waals surface area contributed by atoms with E-state index in [2.05, 4.69) is 37.5 Å².